The first-order valence-corrected chi connectivity index (χ1v) is 11.5. The van der Waals surface area contributed by atoms with Crippen LogP contribution in [0.15, 0.2) is 12.1 Å². The van der Waals surface area contributed by atoms with Crippen molar-refractivity contribution >= 4 is 0 Å². The standard InChI is InChI=1S/C24H36FNO4/c1-27-22-13-17-9-11-26-16-18(7-3-5-10-25)21(30-24-8-4-6-12-29-24)15-20(26)19(17)14-23(22)28-2/h13-14,18,20-21,24H,3-12,15-16H2,1-2H3/t18-,20-,21-,24?/m1/s1/i25+0. The monoisotopic (exact) mass is 421 g/mol. The molecule has 3 aliphatic rings. The fourth-order valence-corrected chi connectivity index (χ4v) is 5.36. The highest BCUT2D eigenvalue weighted by Crippen LogP contribution is 2.44. The Labute approximate surface area is 179 Å². The predicted molar refractivity (Wildman–Crippen MR) is 114 cm³/mol. The number of hydrogen-bond acceptors (Lipinski definition) is 5. The molecule has 0 saturated carbocycles. The second-order valence-electron chi connectivity index (χ2n) is 8.82. The van der Waals surface area contributed by atoms with Crippen molar-refractivity contribution in [2.45, 2.75) is 69.8 Å². The third kappa shape index (κ3) is 4.76. The van der Waals surface area contributed by atoms with Crippen molar-refractivity contribution in [1.29, 1.82) is 0 Å². The van der Waals surface area contributed by atoms with Gasteiger partial charge in [0.05, 0.1) is 27.0 Å². The van der Waals surface area contributed by atoms with Gasteiger partial charge in [0.1, 0.15) is 0 Å². The van der Waals surface area contributed by atoms with Crippen LogP contribution >= 0.6 is 0 Å². The van der Waals surface area contributed by atoms with Crippen LogP contribution in [0.1, 0.15) is 62.1 Å². The lowest BCUT2D eigenvalue weighted by atomic mass is 9.80. The number of fused-ring (bicyclic) bond motifs is 3. The Morgan fingerprint density at radius 3 is 2.70 bits per heavy atom. The minimum atomic E-state index is -0.231. The smallest absolute Gasteiger partial charge is 0.161 e. The Balaban J connectivity index is 1.55. The summed E-state index contributed by atoms with van der Waals surface area (Å²) in [5.41, 5.74) is 2.68. The molecule has 3 aliphatic heterocycles. The number of benzene rings is 1. The highest BCUT2D eigenvalue weighted by molar-refractivity contribution is 5.49. The van der Waals surface area contributed by atoms with E-state index < -0.39 is 0 Å². The summed E-state index contributed by atoms with van der Waals surface area (Å²) in [6.07, 6.45) is 7.87. The van der Waals surface area contributed by atoms with Gasteiger partial charge in [0, 0.05) is 25.7 Å². The van der Waals surface area contributed by atoms with E-state index in [1.165, 1.54) is 17.5 Å². The Morgan fingerprint density at radius 1 is 1.13 bits per heavy atom. The van der Waals surface area contributed by atoms with E-state index in [0.29, 0.717) is 18.4 Å². The Bertz CT molecular complexity index is 694. The maximum atomic E-state index is 12.7. The zero-order valence-corrected chi connectivity index (χ0v) is 18.4. The number of unbranched alkanes of at least 4 members (excludes halogenated alkanes) is 1. The van der Waals surface area contributed by atoms with Crippen LogP contribution in [0, 0.1) is 5.92 Å². The molecule has 5 nitrogen and oxygen atoms in total. The lowest BCUT2D eigenvalue weighted by Crippen LogP contribution is -2.49. The number of halogens is 1. The van der Waals surface area contributed by atoms with E-state index in [0.717, 1.165) is 69.7 Å². The lowest BCUT2D eigenvalue weighted by Gasteiger charge is -2.48. The second-order valence-corrected chi connectivity index (χ2v) is 8.82. The summed E-state index contributed by atoms with van der Waals surface area (Å²) in [6, 6.07) is 4.61. The maximum absolute atomic E-state index is 12.7. The molecule has 0 aromatic heterocycles. The molecule has 0 spiro atoms. The van der Waals surface area contributed by atoms with Crippen LogP contribution in [-0.2, 0) is 15.9 Å². The molecule has 6 heteroatoms. The summed E-state index contributed by atoms with van der Waals surface area (Å²) in [6.45, 7) is 2.60. The molecule has 2 fully saturated rings. The summed E-state index contributed by atoms with van der Waals surface area (Å²) in [5.74, 6) is 2.02. The second kappa shape index (κ2) is 10.3. The van der Waals surface area contributed by atoms with Crippen molar-refractivity contribution in [2.24, 2.45) is 5.92 Å². The van der Waals surface area contributed by atoms with E-state index in [9.17, 15) is 4.39 Å². The van der Waals surface area contributed by atoms with Crippen LogP contribution in [0.4, 0.5) is 4.39 Å². The molecule has 168 valence electrons. The summed E-state index contributed by atoms with van der Waals surface area (Å²) < 4.78 is 36.2. The van der Waals surface area contributed by atoms with Crippen molar-refractivity contribution in [1.82, 2.24) is 4.90 Å². The maximum Gasteiger partial charge on any atom is 0.161 e. The molecule has 4 atom stereocenters. The van der Waals surface area contributed by atoms with Crippen molar-refractivity contribution < 1.29 is 23.3 Å². The molecule has 2 saturated heterocycles. The topological polar surface area (TPSA) is 40.2 Å². The van der Waals surface area contributed by atoms with Gasteiger partial charge in [-0.1, -0.05) is 6.42 Å². The number of piperidine rings is 1. The Kier molecular flexibility index (Phi) is 7.50. The van der Waals surface area contributed by atoms with Gasteiger partial charge in [0.2, 0.25) is 0 Å². The first kappa shape index (κ1) is 21.8. The molecule has 0 N–H and O–H groups in total. The molecule has 30 heavy (non-hydrogen) atoms. The van der Waals surface area contributed by atoms with E-state index >= 15 is 0 Å². The molecule has 1 unspecified atom stereocenters. The van der Waals surface area contributed by atoms with Crippen LogP contribution in [0.25, 0.3) is 0 Å². The summed E-state index contributed by atoms with van der Waals surface area (Å²) in [4.78, 5) is 2.59. The SMILES string of the molecule is COc1cc2c(cc1OC)[C@H]1C[C@@H](OC3CCCCO3)[C@H](CCCC[19F])CN1CC2. The zero-order chi connectivity index (χ0) is 20.9. The first-order valence-electron chi connectivity index (χ1n) is 11.5. The molecular formula is C24H36FNO4. The minimum absolute atomic E-state index is 0.0903. The zero-order valence-electron chi connectivity index (χ0n) is 18.4. The van der Waals surface area contributed by atoms with E-state index in [2.05, 4.69) is 17.0 Å². The number of rotatable bonds is 8. The molecule has 1 aromatic carbocycles. The summed E-state index contributed by atoms with van der Waals surface area (Å²) in [7, 11) is 3.38. The van der Waals surface area contributed by atoms with Gasteiger partial charge in [0.15, 0.2) is 17.8 Å². The quantitative estimate of drug-likeness (QED) is 0.570. The fourth-order valence-electron chi connectivity index (χ4n) is 5.36. The Hall–Kier alpha value is -1.37. The van der Waals surface area contributed by atoms with Gasteiger partial charge in [-0.15, -0.1) is 0 Å². The number of nitrogens with zero attached hydrogens (tertiary/aromatic N) is 1. The molecule has 3 heterocycles. The molecule has 1 aromatic rings. The normalized spacial score (nSPS) is 29.2. The lowest BCUT2D eigenvalue weighted by molar-refractivity contribution is -0.212. The van der Waals surface area contributed by atoms with E-state index in [4.69, 9.17) is 18.9 Å². The molecule has 0 amide bonds. The predicted octanol–water partition coefficient (Wildman–Crippen LogP) is 4.67. The van der Waals surface area contributed by atoms with Crippen molar-refractivity contribution in [2.75, 3.05) is 40.6 Å². The van der Waals surface area contributed by atoms with Crippen LogP contribution in [-0.4, -0.2) is 57.9 Å². The average Bonchev–Trinajstić information content (AvgIpc) is 2.79. The van der Waals surface area contributed by atoms with Crippen molar-refractivity contribution in [3.8, 4) is 11.5 Å². The van der Waals surface area contributed by atoms with Gasteiger partial charge in [-0.25, -0.2) is 0 Å². The Morgan fingerprint density at radius 2 is 1.97 bits per heavy atom. The molecule has 0 bridgehead atoms. The van der Waals surface area contributed by atoms with E-state index in [1.807, 2.05) is 0 Å². The summed E-state index contributed by atoms with van der Waals surface area (Å²) in [5, 5.41) is 0. The number of hydrogen-bond donors (Lipinski definition) is 0. The van der Waals surface area contributed by atoms with Crippen LogP contribution in [0.5, 0.6) is 11.5 Å². The first-order chi connectivity index (χ1) is 14.7. The van der Waals surface area contributed by atoms with Gasteiger partial charge in [-0.3, -0.25) is 9.29 Å². The van der Waals surface area contributed by atoms with Gasteiger partial charge < -0.3 is 18.9 Å². The molecule has 0 radical (unpaired) electrons. The fraction of sp³-hybridized carbons (Fsp3) is 0.750. The van der Waals surface area contributed by atoms with E-state index in [1.54, 1.807) is 14.2 Å². The third-order valence-corrected chi connectivity index (χ3v) is 6.99. The van der Waals surface area contributed by atoms with Gasteiger partial charge >= 0.3 is 0 Å². The third-order valence-electron chi connectivity index (χ3n) is 6.99. The minimum Gasteiger partial charge on any atom is -0.493 e. The van der Waals surface area contributed by atoms with Crippen molar-refractivity contribution in [3.05, 3.63) is 23.3 Å². The average molecular weight is 422 g/mol. The highest BCUT2D eigenvalue weighted by atomic mass is 19.1. The van der Waals surface area contributed by atoms with Crippen LogP contribution in [0.3, 0.4) is 0 Å². The summed E-state index contributed by atoms with van der Waals surface area (Å²) >= 11 is 0. The molecule has 0 aliphatic carbocycles. The molecular weight excluding hydrogens is 385 g/mol. The number of alkyl halides is 1. The van der Waals surface area contributed by atoms with Gasteiger partial charge in [0.25, 0.3) is 0 Å². The van der Waals surface area contributed by atoms with Crippen LogP contribution in [0.2, 0.25) is 0 Å². The van der Waals surface area contributed by atoms with Crippen molar-refractivity contribution in [3.63, 3.8) is 0 Å². The number of methoxy groups -OCH3 is 2. The van der Waals surface area contributed by atoms with Gasteiger partial charge in [-0.2, -0.15) is 0 Å². The number of ether oxygens (including phenoxy) is 4. The van der Waals surface area contributed by atoms with E-state index in [-0.39, 0.29) is 19.1 Å². The molecule has 4 rings (SSSR count). The van der Waals surface area contributed by atoms with Crippen LogP contribution < -0.4 is 9.47 Å². The largest absolute Gasteiger partial charge is 0.493 e. The van der Waals surface area contributed by atoms with Gasteiger partial charge in [-0.05, 0) is 74.1 Å². The highest BCUT2D eigenvalue weighted by Gasteiger charge is 2.40.